The fourth-order valence-electron chi connectivity index (χ4n) is 4.98. The average Bonchev–Trinajstić information content (AvgIpc) is 3.05. The number of hydrogen-bond donors (Lipinski definition) is 1. The fourth-order valence-corrected chi connectivity index (χ4v) is 6.64. The maximum absolute atomic E-state index is 14.6. The van der Waals surface area contributed by atoms with Gasteiger partial charge in [0, 0.05) is 24.5 Å². The molecule has 1 N–H and O–H groups in total. The molecule has 0 bridgehead atoms. The van der Waals surface area contributed by atoms with E-state index >= 15 is 0 Å². The average molecular weight is 662 g/mol. The molecule has 0 aliphatic rings. The van der Waals surface area contributed by atoms with Crippen molar-refractivity contribution in [1.82, 2.24) is 10.2 Å². The summed E-state index contributed by atoms with van der Waals surface area (Å²) in [6, 6.07) is 30.2. The first-order valence-electron chi connectivity index (χ1n) is 15.2. The Balaban J connectivity index is 1.83. The highest BCUT2D eigenvalue weighted by molar-refractivity contribution is 7.92. The molecule has 4 aromatic rings. The molecule has 8 nitrogen and oxygen atoms in total. The molecule has 0 aliphatic heterocycles. The van der Waals surface area contributed by atoms with E-state index in [9.17, 15) is 18.0 Å². The van der Waals surface area contributed by atoms with Crippen LogP contribution in [0.3, 0.4) is 0 Å². The van der Waals surface area contributed by atoms with Gasteiger partial charge in [-0.3, -0.25) is 13.9 Å². The van der Waals surface area contributed by atoms with Crippen LogP contribution in [0.1, 0.15) is 31.9 Å². The summed E-state index contributed by atoms with van der Waals surface area (Å²) >= 11 is 6.32. The Bertz CT molecular complexity index is 1700. The highest BCUT2D eigenvalue weighted by atomic mass is 35.5. The summed E-state index contributed by atoms with van der Waals surface area (Å²) in [6.07, 6.45) is 0.220. The third kappa shape index (κ3) is 9.11. The quantitative estimate of drug-likeness (QED) is 0.160. The fraction of sp³-hybridized carbons (Fsp3) is 0.278. The minimum atomic E-state index is -4.25. The van der Waals surface area contributed by atoms with Crippen LogP contribution in [-0.2, 0) is 32.6 Å². The van der Waals surface area contributed by atoms with Crippen molar-refractivity contribution in [2.24, 2.45) is 5.92 Å². The molecule has 4 aromatic carbocycles. The number of para-hydroxylation sites is 2. The molecule has 0 radical (unpaired) electrons. The van der Waals surface area contributed by atoms with Crippen molar-refractivity contribution in [3.05, 3.63) is 125 Å². The number of nitrogens with zero attached hydrogens (tertiary/aromatic N) is 2. The summed E-state index contributed by atoms with van der Waals surface area (Å²) in [5.41, 5.74) is 1.77. The molecule has 4 rings (SSSR count). The summed E-state index contributed by atoms with van der Waals surface area (Å²) in [5.74, 6) is -0.402. The molecule has 46 heavy (non-hydrogen) atoms. The molecule has 0 unspecified atom stereocenters. The molecule has 0 fully saturated rings. The molecular formula is C36H40ClN3O5S. The van der Waals surface area contributed by atoms with E-state index in [1.165, 1.54) is 17.0 Å². The summed E-state index contributed by atoms with van der Waals surface area (Å²) in [4.78, 5) is 30.0. The number of benzene rings is 4. The molecule has 2 amide bonds. The predicted molar refractivity (Wildman–Crippen MR) is 182 cm³/mol. The Morgan fingerprint density at radius 1 is 0.848 bits per heavy atom. The van der Waals surface area contributed by atoms with Crippen LogP contribution in [0.2, 0.25) is 5.02 Å². The van der Waals surface area contributed by atoms with Crippen molar-refractivity contribution in [3.63, 3.8) is 0 Å². The Labute approximate surface area is 277 Å². The highest BCUT2D eigenvalue weighted by Crippen LogP contribution is 2.33. The van der Waals surface area contributed by atoms with Gasteiger partial charge in [0.2, 0.25) is 11.8 Å². The van der Waals surface area contributed by atoms with E-state index in [1.54, 1.807) is 67.6 Å². The van der Waals surface area contributed by atoms with Gasteiger partial charge in [-0.25, -0.2) is 8.42 Å². The predicted octanol–water partition coefficient (Wildman–Crippen LogP) is 6.35. The summed E-state index contributed by atoms with van der Waals surface area (Å²) in [5, 5.41) is 3.47. The smallest absolute Gasteiger partial charge is 0.264 e. The Kier molecular flexibility index (Phi) is 12.2. The van der Waals surface area contributed by atoms with Gasteiger partial charge < -0.3 is 15.0 Å². The number of halogens is 1. The van der Waals surface area contributed by atoms with Crippen molar-refractivity contribution < 1.29 is 22.7 Å². The van der Waals surface area contributed by atoms with Crippen molar-refractivity contribution >= 4 is 39.1 Å². The lowest BCUT2D eigenvalue weighted by molar-refractivity contribution is -0.140. The maximum atomic E-state index is 14.6. The van der Waals surface area contributed by atoms with E-state index in [0.29, 0.717) is 29.5 Å². The molecule has 0 aliphatic carbocycles. The topological polar surface area (TPSA) is 96.0 Å². The number of hydrogen-bond acceptors (Lipinski definition) is 5. The second-order valence-corrected chi connectivity index (χ2v) is 13.5. The largest absolute Gasteiger partial charge is 0.492 e. The van der Waals surface area contributed by atoms with Crippen LogP contribution in [0.5, 0.6) is 5.75 Å². The minimum absolute atomic E-state index is 0.0194. The lowest BCUT2D eigenvalue weighted by Crippen LogP contribution is -2.53. The van der Waals surface area contributed by atoms with Gasteiger partial charge >= 0.3 is 0 Å². The number of sulfonamides is 1. The van der Waals surface area contributed by atoms with Crippen LogP contribution in [0.4, 0.5) is 5.69 Å². The normalized spacial score (nSPS) is 11.9. The zero-order valence-corrected chi connectivity index (χ0v) is 27.9. The standard InChI is InChI=1S/C36H40ClN3O5S/c1-4-45-34-21-12-11-20-32(34)40(46(43,44)31-18-9-6-10-19-31)26-35(41)39(25-29-16-13-17-30(37)22-29)33(36(42)38-24-27(2)3)23-28-14-7-5-8-15-28/h5-22,27,33H,4,23-26H2,1-3H3,(H,38,42)/t33-/m1/s1. The zero-order valence-electron chi connectivity index (χ0n) is 26.3. The first-order chi connectivity index (χ1) is 22.1. The van der Waals surface area contributed by atoms with Crippen molar-refractivity contribution in [1.29, 1.82) is 0 Å². The van der Waals surface area contributed by atoms with E-state index in [2.05, 4.69) is 5.32 Å². The van der Waals surface area contributed by atoms with Gasteiger partial charge in [-0.15, -0.1) is 0 Å². The molecule has 0 saturated carbocycles. The van der Waals surface area contributed by atoms with Crippen LogP contribution < -0.4 is 14.4 Å². The molecule has 0 heterocycles. The van der Waals surface area contributed by atoms with Gasteiger partial charge in [0.25, 0.3) is 10.0 Å². The van der Waals surface area contributed by atoms with Gasteiger partial charge in [-0.2, -0.15) is 0 Å². The Hall–Kier alpha value is -4.34. The second-order valence-electron chi connectivity index (χ2n) is 11.2. The number of carbonyl (C=O) groups is 2. The third-order valence-corrected chi connectivity index (χ3v) is 9.25. The number of carbonyl (C=O) groups excluding carboxylic acids is 2. The van der Waals surface area contributed by atoms with E-state index in [-0.39, 0.29) is 35.4 Å². The lowest BCUT2D eigenvalue weighted by Gasteiger charge is -2.34. The molecule has 242 valence electrons. The Morgan fingerprint density at radius 3 is 2.13 bits per heavy atom. The van der Waals surface area contributed by atoms with E-state index < -0.39 is 28.5 Å². The zero-order chi connectivity index (χ0) is 33.1. The molecule has 10 heteroatoms. The molecule has 0 saturated heterocycles. The number of amides is 2. The summed E-state index contributed by atoms with van der Waals surface area (Å²) in [7, 11) is -4.25. The van der Waals surface area contributed by atoms with Gasteiger partial charge in [-0.05, 0) is 60.4 Å². The summed E-state index contributed by atoms with van der Waals surface area (Å²) < 4.78 is 35.3. The number of rotatable bonds is 15. The minimum Gasteiger partial charge on any atom is -0.492 e. The maximum Gasteiger partial charge on any atom is 0.264 e. The molecule has 0 spiro atoms. The first-order valence-corrected chi connectivity index (χ1v) is 17.1. The summed E-state index contributed by atoms with van der Waals surface area (Å²) in [6.45, 7) is 5.93. The van der Waals surface area contributed by atoms with Crippen LogP contribution in [0, 0.1) is 5.92 Å². The van der Waals surface area contributed by atoms with E-state index in [1.807, 2.05) is 50.2 Å². The van der Waals surface area contributed by atoms with E-state index in [0.717, 1.165) is 9.87 Å². The van der Waals surface area contributed by atoms with E-state index in [4.69, 9.17) is 16.3 Å². The van der Waals surface area contributed by atoms with Crippen LogP contribution in [0.25, 0.3) is 0 Å². The Morgan fingerprint density at radius 2 is 1.48 bits per heavy atom. The number of ether oxygens (including phenoxy) is 1. The van der Waals surface area contributed by atoms with Crippen molar-refractivity contribution in [2.75, 3.05) is 24.0 Å². The second kappa shape index (κ2) is 16.3. The number of anilines is 1. The lowest BCUT2D eigenvalue weighted by atomic mass is 10.0. The monoisotopic (exact) mass is 661 g/mol. The van der Waals surface area contributed by atoms with Gasteiger partial charge in [0.15, 0.2) is 0 Å². The molecule has 1 atom stereocenters. The van der Waals surface area contributed by atoms with Gasteiger partial charge in [0.1, 0.15) is 18.3 Å². The number of nitrogens with one attached hydrogen (secondary N) is 1. The van der Waals surface area contributed by atoms with Crippen LogP contribution in [-0.4, -0.2) is 50.9 Å². The SMILES string of the molecule is CCOc1ccccc1N(CC(=O)N(Cc1cccc(Cl)c1)[C@H](Cc1ccccc1)C(=O)NCC(C)C)S(=O)(=O)c1ccccc1. The first kappa shape index (κ1) is 34.5. The third-order valence-electron chi connectivity index (χ3n) is 7.24. The van der Waals surface area contributed by atoms with Crippen molar-refractivity contribution in [2.45, 2.75) is 44.7 Å². The molecule has 0 aromatic heterocycles. The van der Waals surface area contributed by atoms with Crippen molar-refractivity contribution in [3.8, 4) is 5.75 Å². The van der Waals surface area contributed by atoms with Gasteiger partial charge in [0.05, 0.1) is 17.2 Å². The highest BCUT2D eigenvalue weighted by Gasteiger charge is 2.35. The van der Waals surface area contributed by atoms with Crippen LogP contribution >= 0.6 is 11.6 Å². The van der Waals surface area contributed by atoms with Gasteiger partial charge in [-0.1, -0.05) is 98.2 Å². The molecular weight excluding hydrogens is 622 g/mol. The van der Waals surface area contributed by atoms with Crippen LogP contribution in [0.15, 0.2) is 114 Å².